The van der Waals surface area contributed by atoms with E-state index in [1.54, 1.807) is 6.08 Å². The summed E-state index contributed by atoms with van der Waals surface area (Å²) < 4.78 is 34.9. The van der Waals surface area contributed by atoms with Crippen LogP contribution in [0.5, 0.6) is 0 Å². The molecule has 2 aliphatic carbocycles. The molecule has 1 aliphatic heterocycles. The number of aliphatic hydroxyl groups excluding tert-OH is 3. The Kier molecular flexibility index (Phi) is 17.1. The highest BCUT2D eigenvalue weighted by Crippen LogP contribution is 2.52. The number of rotatable bonds is 16. The predicted molar refractivity (Wildman–Crippen MR) is 213 cm³/mol. The van der Waals surface area contributed by atoms with E-state index in [9.17, 15) is 39.3 Å². The number of ether oxygens (including phenoxy) is 6. The van der Waals surface area contributed by atoms with Crippen molar-refractivity contribution in [1.82, 2.24) is 0 Å². The Labute approximate surface area is 343 Å². The van der Waals surface area contributed by atoms with Gasteiger partial charge in [-0.15, -0.1) is 0 Å². The fourth-order valence-corrected chi connectivity index (χ4v) is 9.20. The van der Waals surface area contributed by atoms with Gasteiger partial charge in [-0.05, 0) is 82.8 Å². The fraction of sp³-hybridized carbons (Fsp3) is 0.750. The van der Waals surface area contributed by atoms with Gasteiger partial charge in [0, 0.05) is 51.9 Å². The zero-order valence-electron chi connectivity index (χ0n) is 36.5. The molecule has 0 radical (unpaired) electrons. The van der Waals surface area contributed by atoms with Gasteiger partial charge in [-0.25, -0.2) is 0 Å². The maximum atomic E-state index is 12.8. The molecule has 0 spiro atoms. The summed E-state index contributed by atoms with van der Waals surface area (Å²) >= 11 is 0. The van der Waals surface area contributed by atoms with Gasteiger partial charge in [0.2, 0.25) is 0 Å². The zero-order chi connectivity index (χ0) is 43.9. The Hall–Kier alpha value is -3.43. The monoisotopic (exact) mass is 820 g/mol. The molecule has 0 bridgehead atoms. The SMILES string of the molecule is CC(=O)OC(/C=C(\C)C(CC1C(C)=CCC(=O)C1(C)C)OC(C)=O)C/C=C(/C)CCC1C(C)(OC(C)=O)CCC(OC2OC(CO)C(O)C(OC(C)=O)C2O)C1(C)C. The van der Waals surface area contributed by atoms with Gasteiger partial charge in [0.1, 0.15) is 41.9 Å². The van der Waals surface area contributed by atoms with Crippen LogP contribution in [0.15, 0.2) is 34.9 Å². The van der Waals surface area contributed by atoms with E-state index in [2.05, 4.69) is 0 Å². The molecule has 1 saturated heterocycles. The van der Waals surface area contributed by atoms with Crippen LogP contribution < -0.4 is 0 Å². The summed E-state index contributed by atoms with van der Waals surface area (Å²) in [5, 5.41) is 31.6. The lowest BCUT2D eigenvalue weighted by Crippen LogP contribution is -2.63. The Bertz CT molecular complexity index is 1590. The molecular weight excluding hydrogens is 752 g/mol. The summed E-state index contributed by atoms with van der Waals surface area (Å²) in [6.07, 6.45) is 0.0662. The van der Waals surface area contributed by atoms with Crippen molar-refractivity contribution < 1.29 is 67.7 Å². The highest BCUT2D eigenvalue weighted by molar-refractivity contribution is 5.87. The first-order valence-corrected chi connectivity index (χ1v) is 20.4. The maximum Gasteiger partial charge on any atom is 0.303 e. The summed E-state index contributed by atoms with van der Waals surface area (Å²) in [5.74, 6) is -2.36. The molecule has 1 saturated carbocycles. The van der Waals surface area contributed by atoms with Gasteiger partial charge in [-0.1, -0.05) is 51.0 Å². The van der Waals surface area contributed by atoms with Crippen molar-refractivity contribution in [3.05, 3.63) is 34.9 Å². The molecule has 14 heteroatoms. The summed E-state index contributed by atoms with van der Waals surface area (Å²) in [6, 6.07) is 0. The number of carbonyl (C=O) groups excluding carboxylic acids is 5. The topological polar surface area (TPSA) is 201 Å². The van der Waals surface area contributed by atoms with Gasteiger partial charge in [0.25, 0.3) is 0 Å². The molecule has 0 aromatic carbocycles. The summed E-state index contributed by atoms with van der Waals surface area (Å²) in [7, 11) is 0. The number of hydrogen-bond donors (Lipinski definition) is 3. The molecular formula is C44H68O14. The molecule has 11 unspecified atom stereocenters. The number of hydrogen-bond acceptors (Lipinski definition) is 14. The van der Waals surface area contributed by atoms with E-state index < -0.39 is 95.9 Å². The minimum Gasteiger partial charge on any atom is -0.459 e. The van der Waals surface area contributed by atoms with Crippen LogP contribution in [0.2, 0.25) is 0 Å². The van der Waals surface area contributed by atoms with Crippen LogP contribution in [0, 0.1) is 22.7 Å². The van der Waals surface area contributed by atoms with E-state index in [0.29, 0.717) is 50.5 Å². The first-order chi connectivity index (χ1) is 26.8. The molecule has 1 heterocycles. The Morgan fingerprint density at radius 1 is 0.931 bits per heavy atom. The molecule has 11 atom stereocenters. The molecule has 2 fully saturated rings. The number of ketones is 1. The van der Waals surface area contributed by atoms with E-state index in [1.807, 2.05) is 67.5 Å². The standard InChI is InChI=1S/C44H68O14/c1-24(13-16-31(53-27(4)46)21-26(3)33(54-28(5)47)22-32-25(2)15-18-36(50)42(32,8)9)14-17-35-43(10,11)37(19-20-44(35,12)58-30(7)49)57-41-39(52)40(55-29(6)48)38(51)34(23-45)56-41/h13,15,21,31-35,37-41,45,51-52H,14,16-20,22-23H2,1-12H3/b24-13-,26-21+. The van der Waals surface area contributed by atoms with Crippen molar-refractivity contribution >= 4 is 29.7 Å². The van der Waals surface area contributed by atoms with Crippen molar-refractivity contribution in [2.24, 2.45) is 22.7 Å². The molecule has 0 aromatic heterocycles. The molecule has 3 N–H and O–H groups in total. The van der Waals surface area contributed by atoms with Crippen molar-refractivity contribution in [2.75, 3.05) is 6.61 Å². The third-order valence-corrected chi connectivity index (χ3v) is 12.5. The quantitative estimate of drug-likeness (QED) is 0.102. The Morgan fingerprint density at radius 3 is 2.14 bits per heavy atom. The van der Waals surface area contributed by atoms with E-state index in [4.69, 9.17) is 28.4 Å². The zero-order valence-corrected chi connectivity index (χ0v) is 36.5. The van der Waals surface area contributed by atoms with Gasteiger partial charge in [0.05, 0.1) is 12.7 Å². The molecule has 0 aromatic rings. The van der Waals surface area contributed by atoms with E-state index in [0.717, 1.165) is 18.1 Å². The van der Waals surface area contributed by atoms with Gasteiger partial charge in [-0.3, -0.25) is 24.0 Å². The predicted octanol–water partition coefficient (Wildman–Crippen LogP) is 5.38. The van der Waals surface area contributed by atoms with Crippen LogP contribution >= 0.6 is 0 Å². The van der Waals surface area contributed by atoms with Crippen LogP contribution in [0.25, 0.3) is 0 Å². The number of allylic oxidation sites excluding steroid dienone is 3. The van der Waals surface area contributed by atoms with Crippen molar-refractivity contribution in [1.29, 1.82) is 0 Å². The lowest BCUT2D eigenvalue weighted by atomic mass is 9.58. The number of aliphatic hydroxyl groups is 3. The molecule has 3 rings (SSSR count). The lowest BCUT2D eigenvalue weighted by molar-refractivity contribution is -0.328. The van der Waals surface area contributed by atoms with Crippen LogP contribution in [-0.4, -0.2) is 106 Å². The third kappa shape index (κ3) is 12.3. The third-order valence-electron chi connectivity index (χ3n) is 12.5. The maximum absolute atomic E-state index is 12.8. The number of Topliss-reactive ketones (excluding diaryl/α,β-unsaturated/α-hetero) is 1. The summed E-state index contributed by atoms with van der Waals surface area (Å²) in [5.41, 5.74) is 0.571. The Morgan fingerprint density at radius 2 is 1.57 bits per heavy atom. The number of esters is 4. The highest BCUT2D eigenvalue weighted by Gasteiger charge is 2.56. The van der Waals surface area contributed by atoms with Crippen LogP contribution in [0.4, 0.5) is 0 Å². The van der Waals surface area contributed by atoms with Crippen molar-refractivity contribution in [2.45, 2.75) is 183 Å². The van der Waals surface area contributed by atoms with Crippen LogP contribution in [0.1, 0.15) is 128 Å². The summed E-state index contributed by atoms with van der Waals surface area (Å²) in [4.78, 5) is 61.5. The van der Waals surface area contributed by atoms with E-state index >= 15 is 0 Å². The molecule has 0 amide bonds. The number of carbonyl (C=O) groups is 5. The van der Waals surface area contributed by atoms with Gasteiger partial charge in [-0.2, -0.15) is 0 Å². The first-order valence-electron chi connectivity index (χ1n) is 20.4. The normalized spacial score (nSPS) is 32.3. The molecule has 14 nitrogen and oxygen atoms in total. The average Bonchev–Trinajstić information content (AvgIpc) is 3.09. The van der Waals surface area contributed by atoms with Crippen LogP contribution in [0.3, 0.4) is 0 Å². The first kappa shape index (κ1) is 48.9. The van der Waals surface area contributed by atoms with E-state index in [-0.39, 0.29) is 17.6 Å². The fourth-order valence-electron chi connectivity index (χ4n) is 9.20. The summed E-state index contributed by atoms with van der Waals surface area (Å²) in [6.45, 7) is 20.1. The smallest absolute Gasteiger partial charge is 0.303 e. The molecule has 58 heavy (non-hydrogen) atoms. The van der Waals surface area contributed by atoms with Gasteiger partial charge >= 0.3 is 23.9 Å². The highest BCUT2D eigenvalue weighted by atomic mass is 16.7. The second-order valence-corrected chi connectivity index (χ2v) is 17.8. The minimum atomic E-state index is -1.54. The average molecular weight is 821 g/mol. The second kappa shape index (κ2) is 20.2. The molecule has 3 aliphatic rings. The van der Waals surface area contributed by atoms with E-state index in [1.165, 1.54) is 20.8 Å². The van der Waals surface area contributed by atoms with Crippen molar-refractivity contribution in [3.8, 4) is 0 Å². The van der Waals surface area contributed by atoms with Gasteiger partial charge in [0.15, 0.2) is 12.4 Å². The van der Waals surface area contributed by atoms with Crippen LogP contribution in [-0.2, 0) is 52.4 Å². The Balaban J connectivity index is 1.84. The lowest BCUT2D eigenvalue weighted by Gasteiger charge is -2.54. The van der Waals surface area contributed by atoms with Crippen molar-refractivity contribution in [3.63, 3.8) is 0 Å². The largest absolute Gasteiger partial charge is 0.459 e. The second-order valence-electron chi connectivity index (χ2n) is 17.8. The minimum absolute atomic E-state index is 0.126. The molecule has 328 valence electrons. The van der Waals surface area contributed by atoms with Gasteiger partial charge < -0.3 is 43.7 Å².